The molecule has 1 aromatic heterocycles. The van der Waals surface area contributed by atoms with Crippen molar-refractivity contribution >= 4 is 10.9 Å². The molecule has 0 saturated carbocycles. The number of ether oxygens (including phenoxy) is 1. The molecule has 0 atom stereocenters. The molecule has 0 fully saturated rings. The molecule has 0 aliphatic rings. The van der Waals surface area contributed by atoms with Gasteiger partial charge in [-0.15, -0.1) is 0 Å². The summed E-state index contributed by atoms with van der Waals surface area (Å²) in [7, 11) is 0. The fourth-order valence-electron chi connectivity index (χ4n) is 2.28. The van der Waals surface area contributed by atoms with E-state index >= 15 is 0 Å². The standard InChI is InChI=1S/C17H15FN2O/c18-15-7-6-13(10-19)14(9-15)11-21-16-5-1-3-12-4-2-8-20-17(12)16/h1-9H,10-11,19H2. The van der Waals surface area contributed by atoms with E-state index in [-0.39, 0.29) is 12.4 Å². The normalized spacial score (nSPS) is 10.8. The van der Waals surface area contributed by atoms with Gasteiger partial charge in [0, 0.05) is 18.1 Å². The molecule has 2 aromatic carbocycles. The van der Waals surface area contributed by atoms with Gasteiger partial charge in [0.05, 0.1) is 0 Å². The van der Waals surface area contributed by atoms with Crippen LogP contribution >= 0.6 is 0 Å². The smallest absolute Gasteiger partial charge is 0.146 e. The first-order valence-electron chi connectivity index (χ1n) is 6.72. The Morgan fingerprint density at radius 2 is 1.90 bits per heavy atom. The molecule has 3 rings (SSSR count). The first-order valence-corrected chi connectivity index (χ1v) is 6.72. The Morgan fingerprint density at radius 1 is 1.05 bits per heavy atom. The summed E-state index contributed by atoms with van der Waals surface area (Å²) in [6, 6.07) is 14.2. The highest BCUT2D eigenvalue weighted by atomic mass is 19.1. The van der Waals surface area contributed by atoms with E-state index in [0.717, 1.165) is 22.0 Å². The van der Waals surface area contributed by atoms with Gasteiger partial charge < -0.3 is 10.5 Å². The summed E-state index contributed by atoms with van der Waals surface area (Å²) in [5.41, 5.74) is 8.10. The van der Waals surface area contributed by atoms with Gasteiger partial charge in [-0.05, 0) is 35.4 Å². The van der Waals surface area contributed by atoms with E-state index in [2.05, 4.69) is 4.98 Å². The van der Waals surface area contributed by atoms with Crippen molar-refractivity contribution in [3.63, 3.8) is 0 Å². The Balaban J connectivity index is 1.89. The van der Waals surface area contributed by atoms with Gasteiger partial charge in [-0.3, -0.25) is 4.98 Å². The van der Waals surface area contributed by atoms with Gasteiger partial charge in [0.2, 0.25) is 0 Å². The van der Waals surface area contributed by atoms with Crippen LogP contribution in [0.2, 0.25) is 0 Å². The third-order valence-electron chi connectivity index (χ3n) is 3.37. The maximum atomic E-state index is 13.4. The van der Waals surface area contributed by atoms with E-state index < -0.39 is 0 Å². The molecule has 106 valence electrons. The number of halogens is 1. The monoisotopic (exact) mass is 282 g/mol. The Hall–Kier alpha value is -2.46. The van der Waals surface area contributed by atoms with Crippen molar-refractivity contribution in [3.05, 3.63) is 71.7 Å². The third-order valence-corrected chi connectivity index (χ3v) is 3.37. The summed E-state index contributed by atoms with van der Waals surface area (Å²) in [5, 5.41) is 1.01. The van der Waals surface area contributed by atoms with Gasteiger partial charge in [0.1, 0.15) is 23.7 Å². The van der Waals surface area contributed by atoms with E-state index in [1.54, 1.807) is 12.3 Å². The first-order chi connectivity index (χ1) is 10.3. The molecule has 3 aromatic rings. The molecule has 0 bridgehead atoms. The summed E-state index contributed by atoms with van der Waals surface area (Å²) in [5.74, 6) is 0.391. The van der Waals surface area contributed by atoms with Crippen LogP contribution in [0.5, 0.6) is 5.75 Å². The van der Waals surface area contributed by atoms with Gasteiger partial charge in [-0.2, -0.15) is 0 Å². The average Bonchev–Trinajstić information content (AvgIpc) is 2.53. The minimum absolute atomic E-state index is 0.264. The van der Waals surface area contributed by atoms with Gasteiger partial charge in [0.25, 0.3) is 0 Å². The topological polar surface area (TPSA) is 48.1 Å². The molecule has 1 heterocycles. The molecular formula is C17H15FN2O. The fourth-order valence-corrected chi connectivity index (χ4v) is 2.28. The number of aromatic nitrogens is 1. The highest BCUT2D eigenvalue weighted by Crippen LogP contribution is 2.24. The molecule has 21 heavy (non-hydrogen) atoms. The number of nitrogens with zero attached hydrogens (tertiary/aromatic N) is 1. The van der Waals surface area contributed by atoms with Crippen molar-refractivity contribution in [1.82, 2.24) is 4.98 Å². The van der Waals surface area contributed by atoms with Crippen molar-refractivity contribution in [2.24, 2.45) is 5.73 Å². The van der Waals surface area contributed by atoms with Crippen LogP contribution in [0.1, 0.15) is 11.1 Å². The van der Waals surface area contributed by atoms with Crippen LogP contribution in [0.15, 0.2) is 54.7 Å². The number of rotatable bonds is 4. The maximum Gasteiger partial charge on any atom is 0.146 e. The largest absolute Gasteiger partial charge is 0.487 e. The summed E-state index contributed by atoms with van der Waals surface area (Å²) in [6.07, 6.45) is 1.72. The van der Waals surface area contributed by atoms with Crippen LogP contribution in [0.3, 0.4) is 0 Å². The van der Waals surface area contributed by atoms with Crippen LogP contribution in [-0.2, 0) is 13.2 Å². The van der Waals surface area contributed by atoms with Gasteiger partial charge in [-0.1, -0.05) is 24.3 Å². The van der Waals surface area contributed by atoms with Crippen molar-refractivity contribution in [1.29, 1.82) is 0 Å². The van der Waals surface area contributed by atoms with Crippen molar-refractivity contribution < 1.29 is 9.13 Å². The second kappa shape index (κ2) is 5.89. The maximum absolute atomic E-state index is 13.4. The number of fused-ring (bicyclic) bond motifs is 1. The first kappa shape index (κ1) is 13.5. The van der Waals surface area contributed by atoms with Crippen molar-refractivity contribution in [3.8, 4) is 5.75 Å². The second-order valence-electron chi connectivity index (χ2n) is 4.74. The van der Waals surface area contributed by atoms with Crippen LogP contribution < -0.4 is 10.5 Å². The third kappa shape index (κ3) is 2.85. The number of hydrogen-bond acceptors (Lipinski definition) is 3. The van der Waals surface area contributed by atoms with Gasteiger partial charge >= 0.3 is 0 Å². The minimum Gasteiger partial charge on any atom is -0.487 e. The van der Waals surface area contributed by atoms with E-state index in [0.29, 0.717) is 12.3 Å². The highest BCUT2D eigenvalue weighted by molar-refractivity contribution is 5.84. The van der Waals surface area contributed by atoms with Gasteiger partial charge in [0.15, 0.2) is 0 Å². The molecule has 2 N–H and O–H groups in total. The van der Waals surface area contributed by atoms with Gasteiger partial charge in [-0.25, -0.2) is 4.39 Å². The zero-order chi connectivity index (χ0) is 14.7. The second-order valence-corrected chi connectivity index (χ2v) is 4.74. The van der Waals surface area contributed by atoms with Crippen LogP contribution in [0, 0.1) is 5.82 Å². The van der Waals surface area contributed by atoms with E-state index in [9.17, 15) is 4.39 Å². The molecule has 0 aliphatic carbocycles. The number of nitrogens with two attached hydrogens (primary N) is 1. The SMILES string of the molecule is NCc1ccc(F)cc1COc1cccc2cccnc12. The predicted octanol–water partition coefficient (Wildman–Crippen LogP) is 3.41. The lowest BCUT2D eigenvalue weighted by atomic mass is 10.1. The Labute approximate surface area is 122 Å². The summed E-state index contributed by atoms with van der Waals surface area (Å²) in [4.78, 5) is 4.33. The Morgan fingerprint density at radius 3 is 2.76 bits per heavy atom. The molecule has 0 radical (unpaired) electrons. The summed E-state index contributed by atoms with van der Waals surface area (Å²) in [6.45, 7) is 0.618. The molecule has 0 saturated heterocycles. The van der Waals surface area contributed by atoms with Crippen LogP contribution in [-0.4, -0.2) is 4.98 Å². The average molecular weight is 282 g/mol. The lowest BCUT2D eigenvalue weighted by Crippen LogP contribution is -2.05. The molecular weight excluding hydrogens is 267 g/mol. The minimum atomic E-state index is -0.290. The summed E-state index contributed by atoms with van der Waals surface area (Å²) < 4.78 is 19.2. The molecule has 4 heteroatoms. The molecule has 0 aliphatic heterocycles. The quantitative estimate of drug-likeness (QED) is 0.797. The van der Waals surface area contributed by atoms with Crippen molar-refractivity contribution in [2.45, 2.75) is 13.2 Å². The van der Waals surface area contributed by atoms with Crippen molar-refractivity contribution in [2.75, 3.05) is 0 Å². The molecule has 3 nitrogen and oxygen atoms in total. The van der Waals surface area contributed by atoms with Crippen LogP contribution in [0.4, 0.5) is 4.39 Å². The Bertz CT molecular complexity index is 768. The van der Waals surface area contributed by atoms with Crippen LogP contribution in [0.25, 0.3) is 10.9 Å². The summed E-state index contributed by atoms with van der Waals surface area (Å²) >= 11 is 0. The van der Waals surface area contributed by atoms with E-state index in [4.69, 9.17) is 10.5 Å². The predicted molar refractivity (Wildman–Crippen MR) is 80.4 cm³/mol. The Kier molecular flexibility index (Phi) is 3.79. The zero-order valence-corrected chi connectivity index (χ0v) is 11.4. The molecule has 0 unspecified atom stereocenters. The number of hydrogen-bond donors (Lipinski definition) is 1. The highest BCUT2D eigenvalue weighted by Gasteiger charge is 2.07. The molecule has 0 amide bonds. The number of benzene rings is 2. The van der Waals surface area contributed by atoms with E-state index in [1.807, 2.05) is 30.3 Å². The lowest BCUT2D eigenvalue weighted by molar-refractivity contribution is 0.307. The fraction of sp³-hybridized carbons (Fsp3) is 0.118. The number of para-hydroxylation sites is 1. The zero-order valence-electron chi connectivity index (χ0n) is 11.4. The molecule has 0 spiro atoms. The lowest BCUT2D eigenvalue weighted by Gasteiger charge is -2.11. The number of pyridine rings is 1. The van der Waals surface area contributed by atoms with E-state index in [1.165, 1.54) is 12.1 Å².